The fraction of sp³-hybridized carbons (Fsp3) is 0.500. The summed E-state index contributed by atoms with van der Waals surface area (Å²) in [5.41, 5.74) is -0.159. The normalized spacial score (nSPS) is 19.8. The number of nitrogens with zero attached hydrogens (tertiary/aromatic N) is 1. The van der Waals surface area contributed by atoms with Gasteiger partial charge in [-0.2, -0.15) is 13.2 Å². The predicted octanol–water partition coefficient (Wildman–Crippen LogP) is 2.20. The first kappa shape index (κ1) is 18.3. The first-order valence-electron chi connectivity index (χ1n) is 7.47. The van der Waals surface area contributed by atoms with E-state index < -0.39 is 29.7 Å². The highest BCUT2D eigenvalue weighted by Gasteiger charge is 2.35. The molecule has 1 saturated heterocycles. The minimum absolute atomic E-state index is 0.0614. The highest BCUT2D eigenvalue weighted by Crippen LogP contribution is 2.29. The molecule has 2 atom stereocenters. The first-order chi connectivity index (χ1) is 11.2. The number of aliphatic carboxylic acids is 1. The Morgan fingerprint density at radius 1 is 1.33 bits per heavy atom. The van der Waals surface area contributed by atoms with E-state index in [1.807, 2.05) is 0 Å². The van der Waals surface area contributed by atoms with E-state index in [4.69, 9.17) is 9.84 Å². The van der Waals surface area contributed by atoms with E-state index in [1.165, 1.54) is 17.0 Å². The lowest BCUT2D eigenvalue weighted by molar-refractivity contribution is -0.160. The van der Waals surface area contributed by atoms with Gasteiger partial charge in [0.05, 0.1) is 18.8 Å². The van der Waals surface area contributed by atoms with Gasteiger partial charge in [0, 0.05) is 12.5 Å². The SMILES string of the molecule is CC(Cc1ccc(C(F)(F)F)cc1)C(=O)N1CCOCC1C(=O)O. The van der Waals surface area contributed by atoms with Crippen molar-refractivity contribution >= 4 is 11.9 Å². The molecule has 0 radical (unpaired) electrons. The quantitative estimate of drug-likeness (QED) is 0.908. The summed E-state index contributed by atoms with van der Waals surface area (Å²) >= 11 is 0. The number of benzene rings is 1. The monoisotopic (exact) mass is 345 g/mol. The van der Waals surface area contributed by atoms with E-state index in [1.54, 1.807) is 6.92 Å². The second kappa shape index (κ2) is 7.21. The third kappa shape index (κ3) is 4.25. The highest BCUT2D eigenvalue weighted by molar-refractivity contribution is 5.85. The van der Waals surface area contributed by atoms with Crippen LogP contribution in [0.25, 0.3) is 0 Å². The van der Waals surface area contributed by atoms with Crippen molar-refractivity contribution in [3.05, 3.63) is 35.4 Å². The van der Waals surface area contributed by atoms with Gasteiger partial charge in [-0.15, -0.1) is 0 Å². The zero-order valence-corrected chi connectivity index (χ0v) is 13.0. The van der Waals surface area contributed by atoms with Crippen molar-refractivity contribution in [1.29, 1.82) is 0 Å². The summed E-state index contributed by atoms with van der Waals surface area (Å²) in [5, 5.41) is 9.16. The number of carboxylic acid groups (broad SMARTS) is 1. The summed E-state index contributed by atoms with van der Waals surface area (Å²) in [6.45, 7) is 2.03. The Bertz CT molecular complexity index is 600. The van der Waals surface area contributed by atoms with E-state index in [0.29, 0.717) is 5.56 Å². The molecule has 0 saturated carbocycles. The minimum atomic E-state index is -4.40. The minimum Gasteiger partial charge on any atom is -0.480 e. The number of carboxylic acids is 1. The van der Waals surface area contributed by atoms with Crippen LogP contribution in [0, 0.1) is 5.92 Å². The lowest BCUT2D eigenvalue weighted by Crippen LogP contribution is -2.54. The van der Waals surface area contributed by atoms with Gasteiger partial charge in [0.2, 0.25) is 5.91 Å². The van der Waals surface area contributed by atoms with Gasteiger partial charge in [-0.25, -0.2) is 4.79 Å². The molecule has 1 aromatic carbocycles. The Labute approximate surface area is 137 Å². The van der Waals surface area contributed by atoms with Gasteiger partial charge in [-0.05, 0) is 24.1 Å². The number of hydrogen-bond donors (Lipinski definition) is 1. The number of carbonyl (C=O) groups is 2. The summed E-state index contributed by atoms with van der Waals surface area (Å²) < 4.78 is 42.7. The molecule has 1 N–H and O–H groups in total. The second-order valence-corrected chi connectivity index (χ2v) is 5.76. The Hall–Kier alpha value is -2.09. The first-order valence-corrected chi connectivity index (χ1v) is 7.47. The summed E-state index contributed by atoms with van der Waals surface area (Å²) in [6, 6.07) is 3.59. The number of ether oxygens (including phenoxy) is 1. The molecule has 24 heavy (non-hydrogen) atoms. The maximum atomic E-state index is 12.5. The van der Waals surface area contributed by atoms with Crippen molar-refractivity contribution in [2.45, 2.75) is 25.6 Å². The number of hydrogen-bond acceptors (Lipinski definition) is 3. The largest absolute Gasteiger partial charge is 0.480 e. The molecule has 0 aromatic heterocycles. The van der Waals surface area contributed by atoms with E-state index in [2.05, 4.69) is 0 Å². The van der Waals surface area contributed by atoms with Gasteiger partial charge in [0.15, 0.2) is 6.04 Å². The maximum absolute atomic E-state index is 12.5. The average Bonchev–Trinajstić information content (AvgIpc) is 2.53. The van der Waals surface area contributed by atoms with Crippen molar-refractivity contribution in [3.8, 4) is 0 Å². The number of amides is 1. The smallest absolute Gasteiger partial charge is 0.416 e. The molecular weight excluding hydrogens is 327 g/mol. The van der Waals surface area contributed by atoms with Gasteiger partial charge >= 0.3 is 12.1 Å². The molecule has 2 rings (SSSR count). The zero-order chi connectivity index (χ0) is 17.9. The maximum Gasteiger partial charge on any atom is 0.416 e. The predicted molar refractivity (Wildman–Crippen MR) is 78.3 cm³/mol. The van der Waals surface area contributed by atoms with Crippen molar-refractivity contribution in [3.63, 3.8) is 0 Å². The van der Waals surface area contributed by atoms with Gasteiger partial charge in [-0.1, -0.05) is 19.1 Å². The van der Waals surface area contributed by atoms with Gasteiger partial charge < -0.3 is 14.7 Å². The van der Waals surface area contributed by atoms with Crippen LogP contribution in [0.5, 0.6) is 0 Å². The van der Waals surface area contributed by atoms with E-state index in [9.17, 15) is 22.8 Å². The lowest BCUT2D eigenvalue weighted by Gasteiger charge is -2.34. The standard InChI is InChI=1S/C16H18F3NO4/c1-10(8-11-2-4-12(5-3-11)16(17,18)19)14(21)20-6-7-24-9-13(20)15(22)23/h2-5,10,13H,6-9H2,1H3,(H,22,23). The number of rotatable bonds is 4. The van der Waals surface area contributed by atoms with Crippen molar-refractivity contribution in [2.75, 3.05) is 19.8 Å². The molecule has 1 heterocycles. The third-order valence-electron chi connectivity index (χ3n) is 3.94. The molecule has 0 bridgehead atoms. The molecular formula is C16H18F3NO4. The summed E-state index contributed by atoms with van der Waals surface area (Å²) in [7, 11) is 0. The van der Waals surface area contributed by atoms with Gasteiger partial charge in [-0.3, -0.25) is 4.79 Å². The summed E-state index contributed by atoms with van der Waals surface area (Å²) in [5.74, 6) is -2.02. The molecule has 1 aliphatic heterocycles. The molecule has 1 fully saturated rings. The van der Waals surface area contributed by atoms with E-state index in [0.717, 1.165) is 12.1 Å². The molecule has 1 aliphatic rings. The van der Waals surface area contributed by atoms with Crippen LogP contribution < -0.4 is 0 Å². The third-order valence-corrected chi connectivity index (χ3v) is 3.94. The number of halogens is 3. The number of morpholine rings is 1. The van der Waals surface area contributed by atoms with Crippen molar-refractivity contribution in [2.24, 2.45) is 5.92 Å². The lowest BCUT2D eigenvalue weighted by atomic mass is 9.98. The van der Waals surface area contributed by atoms with Crippen molar-refractivity contribution < 1.29 is 32.6 Å². The summed E-state index contributed by atoms with van der Waals surface area (Å²) in [6.07, 6.45) is -4.16. The summed E-state index contributed by atoms with van der Waals surface area (Å²) in [4.78, 5) is 24.9. The Morgan fingerprint density at radius 2 is 1.96 bits per heavy atom. The molecule has 5 nitrogen and oxygen atoms in total. The van der Waals surface area contributed by atoms with Crippen LogP contribution in [-0.4, -0.2) is 47.7 Å². The van der Waals surface area contributed by atoms with Gasteiger partial charge in [0.25, 0.3) is 0 Å². The number of carbonyl (C=O) groups excluding carboxylic acids is 1. The Kier molecular flexibility index (Phi) is 5.48. The Balaban J connectivity index is 2.04. The van der Waals surface area contributed by atoms with Crippen molar-refractivity contribution in [1.82, 2.24) is 4.90 Å². The van der Waals surface area contributed by atoms with Crippen LogP contribution in [0.15, 0.2) is 24.3 Å². The van der Waals surface area contributed by atoms with Crippen LogP contribution in [0.3, 0.4) is 0 Å². The Morgan fingerprint density at radius 3 is 2.50 bits per heavy atom. The zero-order valence-electron chi connectivity index (χ0n) is 13.0. The fourth-order valence-corrected chi connectivity index (χ4v) is 2.63. The second-order valence-electron chi connectivity index (χ2n) is 5.76. The molecule has 0 aliphatic carbocycles. The fourth-order valence-electron chi connectivity index (χ4n) is 2.63. The average molecular weight is 345 g/mol. The number of alkyl halides is 3. The molecule has 1 aromatic rings. The van der Waals surface area contributed by atoms with E-state index >= 15 is 0 Å². The van der Waals surface area contributed by atoms with Crippen LogP contribution in [0.2, 0.25) is 0 Å². The molecule has 132 valence electrons. The molecule has 8 heteroatoms. The van der Waals surface area contributed by atoms with Crippen LogP contribution in [0.4, 0.5) is 13.2 Å². The highest BCUT2D eigenvalue weighted by atomic mass is 19.4. The van der Waals surface area contributed by atoms with Gasteiger partial charge in [0.1, 0.15) is 0 Å². The van der Waals surface area contributed by atoms with Crippen LogP contribution in [0.1, 0.15) is 18.1 Å². The molecule has 2 unspecified atom stereocenters. The topological polar surface area (TPSA) is 66.8 Å². The molecule has 0 spiro atoms. The van der Waals surface area contributed by atoms with Crippen LogP contribution >= 0.6 is 0 Å². The van der Waals surface area contributed by atoms with Crippen LogP contribution in [-0.2, 0) is 26.9 Å². The molecule has 1 amide bonds. The van der Waals surface area contributed by atoms with E-state index in [-0.39, 0.29) is 32.1 Å².